The fourth-order valence-electron chi connectivity index (χ4n) is 4.08. The number of ether oxygens (including phenoxy) is 3. The van der Waals surface area contributed by atoms with Crippen molar-refractivity contribution in [3.63, 3.8) is 0 Å². The van der Waals surface area contributed by atoms with Gasteiger partial charge in [-0.15, -0.1) is 0 Å². The Hall–Kier alpha value is -3.43. The second kappa shape index (κ2) is 12.7. The lowest BCUT2D eigenvalue weighted by Gasteiger charge is -2.26. The largest absolute Gasteiger partial charge is 0.479 e. The van der Waals surface area contributed by atoms with Crippen molar-refractivity contribution in [1.82, 2.24) is 4.90 Å². The number of hydrogen-bond acceptors (Lipinski definition) is 5. The van der Waals surface area contributed by atoms with E-state index in [2.05, 4.69) is 4.90 Å². The zero-order valence-electron chi connectivity index (χ0n) is 20.2. The van der Waals surface area contributed by atoms with E-state index in [1.54, 1.807) is 12.1 Å². The predicted octanol–water partition coefficient (Wildman–Crippen LogP) is 4.95. The zero-order chi connectivity index (χ0) is 26.2. The van der Waals surface area contributed by atoms with Gasteiger partial charge in [0.2, 0.25) is 0 Å². The lowest BCUT2D eigenvalue weighted by molar-refractivity contribution is -0.146. The van der Waals surface area contributed by atoms with E-state index in [1.165, 1.54) is 30.3 Å². The molecule has 1 fully saturated rings. The number of morpholine rings is 1. The normalized spacial score (nSPS) is 13.9. The van der Waals surface area contributed by atoms with Gasteiger partial charge in [-0.05, 0) is 65.9 Å². The summed E-state index contributed by atoms with van der Waals surface area (Å²) in [6.07, 6.45) is -0.155. The third-order valence-electron chi connectivity index (χ3n) is 6.12. The number of hydrogen-bond donors (Lipinski definition) is 0. The molecule has 0 aromatic heterocycles. The van der Waals surface area contributed by atoms with Crippen molar-refractivity contribution < 1.29 is 36.6 Å². The van der Waals surface area contributed by atoms with Crippen LogP contribution in [0.2, 0.25) is 0 Å². The molecule has 0 aliphatic carbocycles. The molecule has 1 saturated heterocycles. The first-order valence-corrected chi connectivity index (χ1v) is 12.0. The first-order valence-electron chi connectivity index (χ1n) is 12.0. The van der Waals surface area contributed by atoms with Crippen LogP contribution in [0.5, 0.6) is 5.75 Å². The average Bonchev–Trinajstić information content (AvgIpc) is 2.89. The highest BCUT2D eigenvalue weighted by molar-refractivity contribution is 5.71. The molecule has 1 aliphatic rings. The Morgan fingerprint density at radius 2 is 1.65 bits per heavy atom. The number of carbonyl (C=O) groups is 1. The second-order valence-corrected chi connectivity index (χ2v) is 8.62. The number of esters is 1. The van der Waals surface area contributed by atoms with Gasteiger partial charge in [-0.2, -0.15) is 0 Å². The van der Waals surface area contributed by atoms with E-state index in [-0.39, 0.29) is 36.3 Å². The summed E-state index contributed by atoms with van der Waals surface area (Å²) in [5, 5.41) is 0. The van der Waals surface area contributed by atoms with Crippen LogP contribution in [0.3, 0.4) is 0 Å². The van der Waals surface area contributed by atoms with Crippen LogP contribution in [0.25, 0.3) is 11.1 Å². The van der Waals surface area contributed by atoms with Crippen molar-refractivity contribution in [2.45, 2.75) is 12.8 Å². The highest BCUT2D eigenvalue weighted by Gasteiger charge is 2.18. The molecule has 0 bridgehead atoms. The van der Waals surface area contributed by atoms with Gasteiger partial charge in [-0.3, -0.25) is 4.90 Å². The summed E-state index contributed by atoms with van der Waals surface area (Å²) in [6.45, 7) is 2.98. The van der Waals surface area contributed by atoms with Gasteiger partial charge in [0.1, 0.15) is 24.1 Å². The molecule has 0 unspecified atom stereocenters. The van der Waals surface area contributed by atoms with Crippen LogP contribution in [0.1, 0.15) is 11.1 Å². The van der Waals surface area contributed by atoms with Crippen molar-refractivity contribution >= 4 is 5.97 Å². The van der Waals surface area contributed by atoms with Gasteiger partial charge in [0.15, 0.2) is 18.2 Å². The van der Waals surface area contributed by atoms with E-state index in [4.69, 9.17) is 14.2 Å². The van der Waals surface area contributed by atoms with E-state index in [1.807, 2.05) is 0 Å². The summed E-state index contributed by atoms with van der Waals surface area (Å²) in [6, 6.07) is 12.3. The Morgan fingerprint density at radius 1 is 0.892 bits per heavy atom. The number of aryl methyl sites for hydroxylation is 1. The first kappa shape index (κ1) is 26.6. The molecule has 5 nitrogen and oxygen atoms in total. The van der Waals surface area contributed by atoms with E-state index >= 15 is 0 Å². The SMILES string of the molecule is O=C(COc1ccc(F)c(CCc2cc(-c3cccc(F)c3)ccc2F)c1F)OCCN1CCOCC1. The molecule has 0 saturated carbocycles. The molecule has 0 amide bonds. The summed E-state index contributed by atoms with van der Waals surface area (Å²) in [5.41, 5.74) is 1.09. The van der Waals surface area contributed by atoms with Crippen molar-refractivity contribution in [2.24, 2.45) is 0 Å². The Bertz CT molecular complexity index is 1230. The van der Waals surface area contributed by atoms with Crippen molar-refractivity contribution in [3.8, 4) is 16.9 Å². The lowest BCUT2D eigenvalue weighted by Crippen LogP contribution is -2.38. The number of halogens is 4. The summed E-state index contributed by atoms with van der Waals surface area (Å²) in [4.78, 5) is 14.1. The van der Waals surface area contributed by atoms with Crippen molar-refractivity contribution in [1.29, 1.82) is 0 Å². The smallest absolute Gasteiger partial charge is 0.344 e. The molecule has 0 spiro atoms. The summed E-state index contributed by atoms with van der Waals surface area (Å²) in [7, 11) is 0. The molecule has 3 aromatic rings. The van der Waals surface area contributed by atoms with Crippen LogP contribution >= 0.6 is 0 Å². The summed E-state index contributed by atoms with van der Waals surface area (Å²) < 4.78 is 73.1. The van der Waals surface area contributed by atoms with Crippen LogP contribution in [-0.4, -0.2) is 56.9 Å². The topological polar surface area (TPSA) is 48.0 Å². The molecular weight excluding hydrogens is 490 g/mol. The number of rotatable bonds is 10. The predicted molar refractivity (Wildman–Crippen MR) is 129 cm³/mol. The maximum Gasteiger partial charge on any atom is 0.344 e. The van der Waals surface area contributed by atoms with Gasteiger partial charge in [0, 0.05) is 25.2 Å². The lowest BCUT2D eigenvalue weighted by atomic mass is 9.98. The average molecular weight is 518 g/mol. The van der Waals surface area contributed by atoms with Crippen molar-refractivity contribution in [3.05, 3.63) is 89.0 Å². The maximum atomic E-state index is 15.0. The molecular formula is C28H27F4NO4. The Kier molecular flexibility index (Phi) is 9.14. The Morgan fingerprint density at radius 3 is 2.43 bits per heavy atom. The highest BCUT2D eigenvalue weighted by Crippen LogP contribution is 2.27. The quantitative estimate of drug-likeness (QED) is 0.281. The van der Waals surface area contributed by atoms with Crippen LogP contribution in [0, 0.1) is 23.3 Å². The van der Waals surface area contributed by atoms with Crippen LogP contribution in [0.15, 0.2) is 54.6 Å². The van der Waals surface area contributed by atoms with Gasteiger partial charge >= 0.3 is 5.97 Å². The van der Waals surface area contributed by atoms with Gasteiger partial charge in [-0.25, -0.2) is 22.4 Å². The second-order valence-electron chi connectivity index (χ2n) is 8.62. The van der Waals surface area contributed by atoms with E-state index in [9.17, 15) is 22.4 Å². The molecule has 4 rings (SSSR count). The third kappa shape index (κ3) is 7.30. The van der Waals surface area contributed by atoms with Crippen LogP contribution in [-0.2, 0) is 27.1 Å². The standard InChI is InChI=1S/C28H27F4NO4/c29-22-3-1-2-19(17-22)20-5-7-24(30)21(16-20)4-6-23-25(31)8-9-26(28(23)32)37-18-27(34)36-15-12-33-10-13-35-14-11-33/h1-3,5,7-9,16-17H,4,6,10-15,18H2. The van der Waals surface area contributed by atoms with Gasteiger partial charge in [0.05, 0.1) is 13.2 Å². The number of nitrogens with zero attached hydrogens (tertiary/aromatic N) is 1. The first-order chi connectivity index (χ1) is 17.9. The third-order valence-corrected chi connectivity index (χ3v) is 6.12. The zero-order valence-corrected chi connectivity index (χ0v) is 20.2. The molecule has 1 aliphatic heterocycles. The maximum absolute atomic E-state index is 15.0. The Balaban J connectivity index is 1.35. The monoisotopic (exact) mass is 517 g/mol. The fourth-order valence-corrected chi connectivity index (χ4v) is 4.08. The molecule has 9 heteroatoms. The Labute approximate surface area is 212 Å². The molecule has 0 N–H and O–H groups in total. The molecule has 196 valence electrons. The van der Waals surface area contributed by atoms with Gasteiger partial charge in [-0.1, -0.05) is 18.2 Å². The minimum Gasteiger partial charge on any atom is -0.479 e. The van der Waals surface area contributed by atoms with Gasteiger partial charge in [0.25, 0.3) is 0 Å². The number of carbonyl (C=O) groups excluding carboxylic acids is 1. The van der Waals surface area contributed by atoms with E-state index in [0.29, 0.717) is 30.9 Å². The number of benzene rings is 3. The summed E-state index contributed by atoms with van der Waals surface area (Å²) in [5.74, 6) is -3.69. The van der Waals surface area contributed by atoms with Gasteiger partial charge < -0.3 is 14.2 Å². The molecule has 37 heavy (non-hydrogen) atoms. The summed E-state index contributed by atoms with van der Waals surface area (Å²) >= 11 is 0. The molecule has 0 atom stereocenters. The minimum atomic E-state index is -0.956. The molecule has 3 aromatic carbocycles. The fraction of sp³-hybridized carbons (Fsp3) is 0.321. The van der Waals surface area contributed by atoms with Crippen LogP contribution in [0.4, 0.5) is 17.6 Å². The van der Waals surface area contributed by atoms with E-state index < -0.39 is 35.8 Å². The van der Waals surface area contributed by atoms with Crippen molar-refractivity contribution in [2.75, 3.05) is 46.1 Å². The minimum absolute atomic E-state index is 0.00410. The van der Waals surface area contributed by atoms with Crippen LogP contribution < -0.4 is 4.74 Å². The molecule has 0 radical (unpaired) electrons. The highest BCUT2D eigenvalue weighted by atomic mass is 19.1. The molecule has 1 heterocycles. The van der Waals surface area contributed by atoms with E-state index in [0.717, 1.165) is 25.2 Å².